The van der Waals surface area contributed by atoms with E-state index in [2.05, 4.69) is 26.4 Å². The number of aryl methyl sites for hydroxylation is 1. The zero-order valence-corrected chi connectivity index (χ0v) is 17.3. The van der Waals surface area contributed by atoms with Crippen LogP contribution in [0.15, 0.2) is 58.4 Å². The maximum absolute atomic E-state index is 12.2. The Kier molecular flexibility index (Phi) is 8.28. The fraction of sp³-hybridized carbons (Fsp3) is 0.350. The topological polar surface area (TPSA) is 91.8 Å². The normalized spacial score (nSPS) is 11.9. The van der Waals surface area contributed by atoms with Crippen molar-refractivity contribution in [1.29, 1.82) is 0 Å². The van der Waals surface area contributed by atoms with Crippen molar-refractivity contribution in [3.05, 3.63) is 59.7 Å². The fourth-order valence-electron chi connectivity index (χ4n) is 2.69. The molecule has 0 fully saturated rings. The summed E-state index contributed by atoms with van der Waals surface area (Å²) in [6.07, 6.45) is 0.784. The molecule has 0 saturated heterocycles. The van der Waals surface area contributed by atoms with Crippen LogP contribution in [0.3, 0.4) is 0 Å². The molecule has 0 heterocycles. The number of methoxy groups -OCH3 is 1. The number of hydrogen-bond donors (Lipinski definition) is 3. The van der Waals surface area contributed by atoms with Gasteiger partial charge in [0.15, 0.2) is 5.96 Å². The van der Waals surface area contributed by atoms with E-state index >= 15 is 0 Å². The largest absolute Gasteiger partial charge is 0.496 e. The van der Waals surface area contributed by atoms with Crippen LogP contribution in [0.25, 0.3) is 0 Å². The number of nitrogens with zero attached hydrogens (tertiary/aromatic N) is 1. The summed E-state index contributed by atoms with van der Waals surface area (Å²) in [6, 6.07) is 14.4. The predicted molar refractivity (Wildman–Crippen MR) is 112 cm³/mol. The van der Waals surface area contributed by atoms with Crippen LogP contribution in [0.1, 0.15) is 11.1 Å². The van der Waals surface area contributed by atoms with Crippen molar-refractivity contribution >= 4 is 16.0 Å². The van der Waals surface area contributed by atoms with Gasteiger partial charge in [-0.05, 0) is 37.1 Å². The van der Waals surface area contributed by atoms with Crippen molar-refractivity contribution < 1.29 is 13.2 Å². The van der Waals surface area contributed by atoms with Crippen LogP contribution in [-0.2, 0) is 16.4 Å². The lowest BCUT2D eigenvalue weighted by molar-refractivity contribution is 0.409. The third-order valence-corrected chi connectivity index (χ3v) is 5.59. The van der Waals surface area contributed by atoms with E-state index in [-0.39, 0.29) is 11.4 Å². The second-order valence-corrected chi connectivity index (χ2v) is 7.97. The molecule has 2 aromatic carbocycles. The van der Waals surface area contributed by atoms with Crippen LogP contribution < -0.4 is 20.1 Å². The molecule has 0 spiro atoms. The third-order valence-electron chi connectivity index (χ3n) is 4.11. The molecule has 0 radical (unpaired) electrons. The summed E-state index contributed by atoms with van der Waals surface area (Å²) < 4.78 is 32.3. The van der Waals surface area contributed by atoms with Crippen molar-refractivity contribution in [2.45, 2.75) is 18.2 Å². The molecule has 0 aromatic heterocycles. The first-order valence-corrected chi connectivity index (χ1v) is 10.6. The van der Waals surface area contributed by atoms with Gasteiger partial charge in [-0.25, -0.2) is 13.1 Å². The predicted octanol–water partition coefficient (Wildman–Crippen LogP) is 1.69. The quantitative estimate of drug-likeness (QED) is 0.336. The van der Waals surface area contributed by atoms with Crippen LogP contribution in [0.5, 0.6) is 5.75 Å². The minimum Gasteiger partial charge on any atom is -0.496 e. The molecule has 0 amide bonds. The Morgan fingerprint density at radius 1 is 1.04 bits per heavy atom. The Bertz CT molecular complexity index is 884. The van der Waals surface area contributed by atoms with E-state index in [1.165, 1.54) is 5.56 Å². The molecule has 0 aliphatic rings. The summed E-state index contributed by atoms with van der Waals surface area (Å²) in [4.78, 5) is 4.41. The summed E-state index contributed by atoms with van der Waals surface area (Å²) in [5, 5.41) is 6.32. The highest BCUT2D eigenvalue weighted by atomic mass is 32.2. The number of hydrogen-bond acceptors (Lipinski definition) is 4. The van der Waals surface area contributed by atoms with Gasteiger partial charge in [-0.3, -0.25) is 4.99 Å². The molecule has 0 aliphatic carbocycles. The molecule has 0 bridgehead atoms. The van der Waals surface area contributed by atoms with E-state index in [9.17, 15) is 8.42 Å². The van der Waals surface area contributed by atoms with E-state index in [0.29, 0.717) is 19.0 Å². The first-order valence-electron chi connectivity index (χ1n) is 9.09. The second-order valence-electron chi connectivity index (χ2n) is 6.20. The Labute approximate surface area is 167 Å². The van der Waals surface area contributed by atoms with Gasteiger partial charge >= 0.3 is 0 Å². The number of nitrogens with one attached hydrogen (secondary N) is 3. The number of benzene rings is 2. The van der Waals surface area contributed by atoms with Crippen molar-refractivity contribution in [2.24, 2.45) is 4.99 Å². The van der Waals surface area contributed by atoms with Gasteiger partial charge in [-0.15, -0.1) is 0 Å². The van der Waals surface area contributed by atoms with Gasteiger partial charge in [0, 0.05) is 26.7 Å². The van der Waals surface area contributed by atoms with Crippen molar-refractivity contribution in [1.82, 2.24) is 15.4 Å². The second kappa shape index (κ2) is 10.7. The van der Waals surface area contributed by atoms with Crippen LogP contribution in [0.4, 0.5) is 0 Å². The SMILES string of the molecule is CN=C(NCCNS(=O)(=O)c1ccccc1)NCCc1cc(C)ccc1OC. The maximum atomic E-state index is 12.2. The first kappa shape index (κ1) is 21.7. The summed E-state index contributed by atoms with van der Waals surface area (Å²) in [5.41, 5.74) is 2.31. The molecular weight excluding hydrogens is 376 g/mol. The molecule has 0 saturated carbocycles. The maximum Gasteiger partial charge on any atom is 0.240 e. The van der Waals surface area contributed by atoms with Crippen molar-refractivity contribution in [3.63, 3.8) is 0 Å². The minimum absolute atomic E-state index is 0.254. The minimum atomic E-state index is -3.49. The van der Waals surface area contributed by atoms with E-state index in [1.807, 2.05) is 19.1 Å². The zero-order chi connectivity index (χ0) is 20.4. The molecule has 0 unspecified atom stereocenters. The van der Waals surface area contributed by atoms with Gasteiger partial charge in [0.25, 0.3) is 0 Å². The molecule has 0 aliphatic heterocycles. The molecule has 7 nitrogen and oxygen atoms in total. The van der Waals surface area contributed by atoms with Crippen molar-refractivity contribution in [2.75, 3.05) is 33.8 Å². The van der Waals surface area contributed by atoms with Crippen LogP contribution in [-0.4, -0.2) is 48.2 Å². The van der Waals surface area contributed by atoms with E-state index in [1.54, 1.807) is 44.5 Å². The fourth-order valence-corrected chi connectivity index (χ4v) is 3.74. The smallest absolute Gasteiger partial charge is 0.240 e. The number of ether oxygens (including phenoxy) is 1. The lowest BCUT2D eigenvalue weighted by Crippen LogP contribution is -2.42. The van der Waals surface area contributed by atoms with Gasteiger partial charge in [0.05, 0.1) is 12.0 Å². The Hall–Kier alpha value is -2.58. The number of rotatable bonds is 9. The van der Waals surface area contributed by atoms with Gasteiger partial charge < -0.3 is 15.4 Å². The summed E-state index contributed by atoms with van der Waals surface area (Å²) in [7, 11) is -0.151. The highest BCUT2D eigenvalue weighted by Crippen LogP contribution is 2.19. The van der Waals surface area contributed by atoms with Crippen LogP contribution in [0.2, 0.25) is 0 Å². The monoisotopic (exact) mass is 404 g/mol. The molecule has 28 heavy (non-hydrogen) atoms. The number of sulfonamides is 1. The zero-order valence-electron chi connectivity index (χ0n) is 16.5. The Morgan fingerprint density at radius 3 is 2.43 bits per heavy atom. The van der Waals surface area contributed by atoms with E-state index in [0.717, 1.165) is 17.7 Å². The Balaban J connectivity index is 1.76. The van der Waals surface area contributed by atoms with Gasteiger partial charge in [-0.2, -0.15) is 0 Å². The van der Waals surface area contributed by atoms with E-state index < -0.39 is 10.0 Å². The molecule has 0 atom stereocenters. The molecule has 2 aromatic rings. The average molecular weight is 405 g/mol. The molecule has 8 heteroatoms. The highest BCUT2D eigenvalue weighted by Gasteiger charge is 2.12. The summed E-state index contributed by atoms with van der Waals surface area (Å²) in [6.45, 7) is 3.39. The van der Waals surface area contributed by atoms with Crippen LogP contribution >= 0.6 is 0 Å². The van der Waals surface area contributed by atoms with Crippen molar-refractivity contribution in [3.8, 4) is 5.75 Å². The van der Waals surface area contributed by atoms with Gasteiger partial charge in [0.2, 0.25) is 10.0 Å². The third kappa shape index (κ3) is 6.54. The first-order chi connectivity index (χ1) is 13.5. The number of guanidine groups is 1. The lowest BCUT2D eigenvalue weighted by atomic mass is 10.1. The number of aliphatic imine (C=N–C) groups is 1. The standard InChI is InChI=1S/C20H28N4O3S/c1-16-9-10-19(27-3)17(15-16)11-12-22-20(21-2)23-13-14-24-28(25,26)18-7-5-4-6-8-18/h4-10,15,24H,11-14H2,1-3H3,(H2,21,22,23). The Morgan fingerprint density at radius 2 is 1.75 bits per heavy atom. The molecular formula is C20H28N4O3S. The summed E-state index contributed by atoms with van der Waals surface area (Å²) in [5.74, 6) is 1.48. The average Bonchev–Trinajstić information content (AvgIpc) is 2.70. The lowest BCUT2D eigenvalue weighted by Gasteiger charge is -2.14. The van der Waals surface area contributed by atoms with Gasteiger partial charge in [-0.1, -0.05) is 35.9 Å². The van der Waals surface area contributed by atoms with E-state index in [4.69, 9.17) is 4.74 Å². The summed E-state index contributed by atoms with van der Waals surface area (Å²) >= 11 is 0. The molecule has 2 rings (SSSR count). The highest BCUT2D eigenvalue weighted by molar-refractivity contribution is 7.89. The van der Waals surface area contributed by atoms with Gasteiger partial charge in [0.1, 0.15) is 5.75 Å². The molecule has 152 valence electrons. The molecule has 3 N–H and O–H groups in total. The van der Waals surface area contributed by atoms with Crippen LogP contribution in [0, 0.1) is 6.92 Å².